The van der Waals surface area contributed by atoms with E-state index in [9.17, 15) is 9.90 Å². The fourth-order valence-electron chi connectivity index (χ4n) is 8.99. The molecule has 3 saturated heterocycles. The van der Waals surface area contributed by atoms with Gasteiger partial charge in [0.1, 0.15) is 11.8 Å². The van der Waals surface area contributed by atoms with Crippen LogP contribution in [-0.4, -0.2) is 91.4 Å². The van der Waals surface area contributed by atoms with Gasteiger partial charge >= 0.3 is 0 Å². The third kappa shape index (κ3) is 7.56. The van der Waals surface area contributed by atoms with E-state index in [-0.39, 0.29) is 46.4 Å². The molecule has 3 amide bonds. The number of aliphatic hydroxyl groups is 1. The molecule has 3 aliphatic heterocycles. The lowest BCUT2D eigenvalue weighted by atomic mass is 9.70. The fourth-order valence-corrected chi connectivity index (χ4v) is 12.6. The van der Waals surface area contributed by atoms with Crippen LogP contribution in [0.5, 0.6) is 5.75 Å². The summed E-state index contributed by atoms with van der Waals surface area (Å²) in [6.45, 7) is 21.3. The fraction of sp³-hybridized carbons (Fsp3) is 0.537. The number of thioether (sulfide) groups is 1. The van der Waals surface area contributed by atoms with Crippen molar-refractivity contribution in [2.45, 2.75) is 93.3 Å². The summed E-state index contributed by atoms with van der Waals surface area (Å²) in [5.74, 6) is -1.32. The third-order valence-electron chi connectivity index (χ3n) is 10.5. The van der Waals surface area contributed by atoms with E-state index in [0.29, 0.717) is 37.4 Å². The number of halogens is 1. The van der Waals surface area contributed by atoms with Gasteiger partial charge in [-0.25, -0.2) is 0 Å². The first-order valence-electron chi connectivity index (χ1n) is 18.0. The number of carbonyl (C=O) groups is 3. The number of ether oxygens (including phenoxy) is 1. The maximum absolute atomic E-state index is 15.4. The van der Waals surface area contributed by atoms with Gasteiger partial charge in [-0.05, 0) is 75.3 Å². The Bertz CT molecular complexity index is 1590. The van der Waals surface area contributed by atoms with Gasteiger partial charge in [0.05, 0.1) is 35.8 Å². The molecule has 8 nitrogen and oxygen atoms in total. The minimum absolute atomic E-state index is 0.0787. The molecule has 5 rings (SSSR count). The van der Waals surface area contributed by atoms with Gasteiger partial charge in [-0.15, -0.1) is 24.9 Å². The molecule has 7 atom stereocenters. The Morgan fingerprint density at radius 3 is 2.27 bits per heavy atom. The predicted molar refractivity (Wildman–Crippen MR) is 210 cm³/mol. The summed E-state index contributed by atoms with van der Waals surface area (Å²) in [7, 11) is 0. The molecular weight excluding hydrogens is 726 g/mol. The maximum Gasteiger partial charge on any atom is 0.247 e. The summed E-state index contributed by atoms with van der Waals surface area (Å²) in [6.07, 6.45) is 5.08. The SMILES string of the molecule is C=CCN(C(=O)[C@H]1[C@@H]2SC3(CC2Br)C(C(=O)N(CC=C)C(C)(C)CC(C)(C)C)N([C@@H](CO)Cc2ccccc2)C(=O)[C@H]13)c1ccc(OCC)cc1. The van der Waals surface area contributed by atoms with Crippen molar-refractivity contribution < 1.29 is 24.2 Å². The molecule has 2 aromatic carbocycles. The van der Waals surface area contributed by atoms with Gasteiger partial charge in [-0.2, -0.15) is 0 Å². The number of aliphatic hydroxyl groups excluding tert-OH is 1. The van der Waals surface area contributed by atoms with E-state index in [1.807, 2.05) is 66.4 Å². The first-order chi connectivity index (χ1) is 24.1. The summed E-state index contributed by atoms with van der Waals surface area (Å²) in [6, 6.07) is 15.6. The summed E-state index contributed by atoms with van der Waals surface area (Å²) in [5.41, 5.74) is 0.992. The number of likely N-dealkylation sites (tertiary alicyclic amines) is 1. The van der Waals surface area contributed by atoms with Gasteiger partial charge in [-0.1, -0.05) is 79.2 Å². The average molecular weight is 781 g/mol. The Labute approximate surface area is 316 Å². The van der Waals surface area contributed by atoms with Gasteiger partial charge in [0.25, 0.3) is 0 Å². The number of anilines is 1. The normalized spacial score (nSPS) is 26.1. The molecule has 0 radical (unpaired) electrons. The Morgan fingerprint density at radius 2 is 1.71 bits per heavy atom. The highest BCUT2D eigenvalue weighted by molar-refractivity contribution is 9.09. The van der Waals surface area contributed by atoms with E-state index in [1.54, 1.807) is 33.7 Å². The lowest BCUT2D eigenvalue weighted by molar-refractivity contribution is -0.149. The molecule has 1 spiro atoms. The van der Waals surface area contributed by atoms with Crippen LogP contribution in [-0.2, 0) is 20.8 Å². The molecule has 2 bridgehead atoms. The zero-order valence-corrected chi connectivity index (χ0v) is 33.3. The van der Waals surface area contributed by atoms with Crippen LogP contribution in [0.25, 0.3) is 0 Å². The zero-order chi connectivity index (χ0) is 37.3. The minimum atomic E-state index is -0.888. The number of rotatable bonds is 15. The first-order valence-corrected chi connectivity index (χ1v) is 19.8. The minimum Gasteiger partial charge on any atom is -0.494 e. The first kappa shape index (κ1) is 39.1. The van der Waals surface area contributed by atoms with Crippen LogP contribution < -0.4 is 9.64 Å². The van der Waals surface area contributed by atoms with E-state index in [1.165, 1.54) is 0 Å². The van der Waals surface area contributed by atoms with Crippen LogP contribution in [0.1, 0.15) is 59.9 Å². The second-order valence-corrected chi connectivity index (χ2v) is 18.6. The second-order valence-electron chi connectivity index (χ2n) is 15.9. The molecule has 276 valence electrons. The molecule has 0 aromatic heterocycles. The quantitative estimate of drug-likeness (QED) is 0.156. The van der Waals surface area contributed by atoms with Gasteiger partial charge in [0.15, 0.2) is 0 Å². The largest absolute Gasteiger partial charge is 0.494 e. The van der Waals surface area contributed by atoms with E-state index < -0.39 is 34.2 Å². The van der Waals surface area contributed by atoms with Gasteiger partial charge in [0.2, 0.25) is 17.7 Å². The summed E-state index contributed by atoms with van der Waals surface area (Å²) >= 11 is 5.54. The molecule has 3 aliphatic rings. The van der Waals surface area contributed by atoms with Crippen LogP contribution in [0.4, 0.5) is 5.69 Å². The van der Waals surface area contributed by atoms with Crippen molar-refractivity contribution >= 4 is 51.1 Å². The Balaban J connectivity index is 1.62. The topological polar surface area (TPSA) is 90.4 Å². The van der Waals surface area contributed by atoms with Crippen molar-refractivity contribution in [2.24, 2.45) is 17.3 Å². The van der Waals surface area contributed by atoms with Crippen LogP contribution >= 0.6 is 27.7 Å². The van der Waals surface area contributed by atoms with Gasteiger partial charge in [0, 0.05) is 34.4 Å². The van der Waals surface area contributed by atoms with E-state index in [4.69, 9.17) is 4.74 Å². The van der Waals surface area contributed by atoms with Crippen LogP contribution in [0.2, 0.25) is 0 Å². The number of carbonyl (C=O) groups excluding carboxylic acids is 3. The molecule has 51 heavy (non-hydrogen) atoms. The number of hydrogen-bond acceptors (Lipinski definition) is 6. The highest BCUT2D eigenvalue weighted by atomic mass is 79.9. The number of alkyl halides is 1. The number of hydrogen-bond donors (Lipinski definition) is 1. The maximum atomic E-state index is 15.4. The van der Waals surface area contributed by atoms with Crippen molar-refractivity contribution in [3.63, 3.8) is 0 Å². The van der Waals surface area contributed by atoms with Crippen molar-refractivity contribution in [1.82, 2.24) is 9.80 Å². The molecule has 1 N–H and O–H groups in total. The van der Waals surface area contributed by atoms with E-state index in [2.05, 4.69) is 63.7 Å². The van der Waals surface area contributed by atoms with Crippen LogP contribution in [0.15, 0.2) is 79.9 Å². The number of fused-ring (bicyclic) bond motifs is 1. The Kier molecular flexibility index (Phi) is 11.9. The lowest BCUT2D eigenvalue weighted by Crippen LogP contribution is -2.62. The Hall–Kier alpha value is -3.08. The zero-order valence-electron chi connectivity index (χ0n) is 30.9. The number of amides is 3. The van der Waals surface area contributed by atoms with Crippen molar-refractivity contribution in [2.75, 3.05) is 31.2 Å². The standard InChI is InChI=1S/C41H54BrN3O5S/c1-9-21-43(28-17-19-30(20-18-28)50-11-3)36(47)32-33-37(48)45(29(25-46)23-27-15-13-12-14-16-27)35(41(33)24-31(42)34(32)51-41)38(49)44(22-10-2)40(7,8)26-39(4,5)6/h9-10,12-20,29,31-35,46H,1-2,11,21-26H2,3-8H3/t29-,31?,32-,33+,34-,35?,41?/m1/s1. The summed E-state index contributed by atoms with van der Waals surface area (Å²) in [5, 5.41) is 10.8. The molecule has 3 unspecified atom stereocenters. The van der Waals surface area contributed by atoms with E-state index >= 15 is 9.59 Å². The molecule has 2 aromatic rings. The monoisotopic (exact) mass is 779 g/mol. The smallest absolute Gasteiger partial charge is 0.247 e. The second kappa shape index (κ2) is 15.5. The molecule has 10 heteroatoms. The molecule has 3 heterocycles. The third-order valence-corrected chi connectivity index (χ3v) is 13.7. The average Bonchev–Trinajstić information content (AvgIpc) is 3.67. The van der Waals surface area contributed by atoms with Crippen molar-refractivity contribution in [1.29, 1.82) is 0 Å². The van der Waals surface area contributed by atoms with Crippen molar-refractivity contribution in [3.05, 3.63) is 85.5 Å². The predicted octanol–water partition coefficient (Wildman–Crippen LogP) is 6.90. The highest BCUT2D eigenvalue weighted by Gasteiger charge is 2.76. The van der Waals surface area contributed by atoms with Crippen molar-refractivity contribution in [3.8, 4) is 5.75 Å². The molecule has 0 aliphatic carbocycles. The van der Waals surface area contributed by atoms with Gasteiger partial charge in [-0.3, -0.25) is 14.4 Å². The summed E-state index contributed by atoms with van der Waals surface area (Å²) < 4.78 is 4.77. The number of nitrogens with zero attached hydrogens (tertiary/aromatic N) is 3. The molecule has 3 fully saturated rings. The highest BCUT2D eigenvalue weighted by Crippen LogP contribution is 2.68. The number of benzene rings is 2. The summed E-state index contributed by atoms with van der Waals surface area (Å²) in [4.78, 5) is 50.6. The Morgan fingerprint density at radius 1 is 1.06 bits per heavy atom. The lowest BCUT2D eigenvalue weighted by Gasteiger charge is -2.46. The van der Waals surface area contributed by atoms with Crippen LogP contribution in [0.3, 0.4) is 0 Å². The molecule has 0 saturated carbocycles. The van der Waals surface area contributed by atoms with E-state index in [0.717, 1.165) is 12.0 Å². The van der Waals surface area contributed by atoms with Gasteiger partial charge < -0.3 is 24.5 Å². The van der Waals surface area contributed by atoms with Crippen LogP contribution in [0, 0.1) is 17.3 Å². The molecular formula is C41H54BrN3O5S.